The molecule has 0 unspecified atom stereocenters. The second kappa shape index (κ2) is 13.4. The predicted molar refractivity (Wildman–Crippen MR) is 243 cm³/mol. The van der Waals surface area contributed by atoms with Gasteiger partial charge in [0.25, 0.3) is 0 Å². The van der Waals surface area contributed by atoms with E-state index in [0.29, 0.717) is 0 Å². The van der Waals surface area contributed by atoms with Crippen molar-refractivity contribution in [3.8, 4) is 33.4 Å². The highest BCUT2D eigenvalue weighted by Gasteiger charge is 2.16. The summed E-state index contributed by atoms with van der Waals surface area (Å²) in [5.74, 6) is 0. The molecule has 262 valence electrons. The minimum atomic E-state index is 1.11. The van der Waals surface area contributed by atoms with Crippen LogP contribution < -0.4 is 4.90 Å². The van der Waals surface area contributed by atoms with Crippen molar-refractivity contribution in [2.75, 3.05) is 4.90 Å². The molecule has 0 atom stereocenters. The Kier molecular flexibility index (Phi) is 7.75. The highest BCUT2D eigenvalue weighted by molar-refractivity contribution is 7.26. The number of hydrogen-bond donors (Lipinski definition) is 0. The van der Waals surface area contributed by atoms with Gasteiger partial charge in [-0.25, -0.2) is 0 Å². The summed E-state index contributed by atoms with van der Waals surface area (Å²) < 4.78 is 2.66. The van der Waals surface area contributed by atoms with Crippen molar-refractivity contribution in [2.45, 2.75) is 0 Å². The highest BCUT2D eigenvalue weighted by Crippen LogP contribution is 2.42. The average molecular weight is 730 g/mol. The van der Waals surface area contributed by atoms with Gasteiger partial charge in [0.15, 0.2) is 0 Å². The van der Waals surface area contributed by atoms with Crippen LogP contribution in [0.25, 0.3) is 85.9 Å². The van der Waals surface area contributed by atoms with E-state index in [1.807, 2.05) is 11.3 Å². The third-order valence-corrected chi connectivity index (χ3v) is 12.5. The molecule has 0 amide bonds. The maximum absolute atomic E-state index is 2.37. The fraction of sp³-hybridized carbons (Fsp3) is 0. The lowest BCUT2D eigenvalue weighted by atomic mass is 9.94. The Morgan fingerprint density at radius 1 is 0.286 bits per heavy atom. The van der Waals surface area contributed by atoms with E-state index in [2.05, 4.69) is 217 Å². The third-order valence-electron chi connectivity index (χ3n) is 11.3. The first-order valence-corrected chi connectivity index (χ1v) is 20.0. The average Bonchev–Trinajstić information content (AvgIpc) is 3.66. The van der Waals surface area contributed by atoms with E-state index in [9.17, 15) is 0 Å². The van der Waals surface area contributed by atoms with Gasteiger partial charge < -0.3 is 4.90 Å². The first kappa shape index (κ1) is 32.4. The summed E-state index contributed by atoms with van der Waals surface area (Å²) >= 11 is 1.88. The Morgan fingerprint density at radius 2 is 0.839 bits per heavy atom. The van der Waals surface area contributed by atoms with E-state index in [1.54, 1.807) is 0 Å². The molecule has 1 heterocycles. The molecule has 0 aliphatic heterocycles. The predicted octanol–water partition coefficient (Wildman–Crippen LogP) is 16.0. The van der Waals surface area contributed by atoms with Crippen molar-refractivity contribution < 1.29 is 0 Å². The number of nitrogens with zero attached hydrogens (tertiary/aromatic N) is 1. The van der Waals surface area contributed by atoms with Gasteiger partial charge in [-0.05, 0) is 114 Å². The normalized spacial score (nSPS) is 11.6. The van der Waals surface area contributed by atoms with Crippen LogP contribution in [0.1, 0.15) is 0 Å². The molecule has 0 bridgehead atoms. The summed E-state index contributed by atoms with van der Waals surface area (Å²) in [6.45, 7) is 0. The Balaban J connectivity index is 0.999. The van der Waals surface area contributed by atoms with Gasteiger partial charge in [-0.1, -0.05) is 164 Å². The Hall–Kier alpha value is -7.00. The molecule has 0 aliphatic carbocycles. The first-order valence-electron chi connectivity index (χ1n) is 19.2. The minimum Gasteiger partial charge on any atom is -0.310 e. The maximum Gasteiger partial charge on any atom is 0.0467 e. The molecule has 0 spiro atoms. The van der Waals surface area contributed by atoms with Gasteiger partial charge in [0.1, 0.15) is 0 Å². The van der Waals surface area contributed by atoms with Gasteiger partial charge in [-0.15, -0.1) is 11.3 Å². The molecule has 0 radical (unpaired) electrons. The van der Waals surface area contributed by atoms with Crippen molar-refractivity contribution >= 4 is 80.9 Å². The lowest BCUT2D eigenvalue weighted by molar-refractivity contribution is 1.28. The largest absolute Gasteiger partial charge is 0.310 e. The number of benzene rings is 10. The molecule has 56 heavy (non-hydrogen) atoms. The van der Waals surface area contributed by atoms with Crippen LogP contribution in [0, 0.1) is 0 Å². The second-order valence-corrected chi connectivity index (χ2v) is 15.6. The zero-order valence-corrected chi connectivity index (χ0v) is 31.4. The summed E-state index contributed by atoms with van der Waals surface area (Å²) in [6.07, 6.45) is 0. The van der Waals surface area contributed by atoms with E-state index in [4.69, 9.17) is 0 Å². The monoisotopic (exact) mass is 729 g/mol. The van der Waals surface area contributed by atoms with Gasteiger partial charge in [0, 0.05) is 37.2 Å². The van der Waals surface area contributed by atoms with Crippen LogP contribution >= 0.6 is 11.3 Å². The molecule has 11 aromatic rings. The van der Waals surface area contributed by atoms with Crippen molar-refractivity contribution in [2.24, 2.45) is 0 Å². The third kappa shape index (κ3) is 5.54. The lowest BCUT2D eigenvalue weighted by Gasteiger charge is -2.26. The van der Waals surface area contributed by atoms with Crippen LogP contribution in [0.15, 0.2) is 212 Å². The molecule has 0 N–H and O–H groups in total. The van der Waals surface area contributed by atoms with Gasteiger partial charge in [0.05, 0.1) is 0 Å². The molecule has 0 aliphatic rings. The van der Waals surface area contributed by atoms with E-state index >= 15 is 0 Å². The SMILES string of the molecule is c1ccc(-c2cccc(N(c3ccc(-c4ccc5ccc6c7ccccc7ccc6c5c4)cc3)c3ccc(-c4cccc5c4sc4ccccc45)cc3)c2)cc1. The fourth-order valence-electron chi connectivity index (χ4n) is 8.47. The Morgan fingerprint density at radius 3 is 1.64 bits per heavy atom. The molecule has 11 rings (SSSR count). The molecular weight excluding hydrogens is 695 g/mol. The fourth-order valence-corrected chi connectivity index (χ4v) is 9.71. The van der Waals surface area contributed by atoms with Crippen LogP contribution in [-0.4, -0.2) is 0 Å². The van der Waals surface area contributed by atoms with Crippen molar-refractivity contribution in [3.63, 3.8) is 0 Å². The van der Waals surface area contributed by atoms with E-state index < -0.39 is 0 Å². The Labute approximate surface area is 330 Å². The standard InChI is InChI=1S/C54H35NS/c1-2-10-36(11-3-1)41-13-8-14-45(34-41)55(44-30-24-39(25-31-44)47-17-9-18-51-50-16-6-7-19-53(50)56-54(47)51)43-28-22-37(23-29-43)42-21-20-40-27-32-48-46-15-5-4-12-38(46)26-33-49(48)52(40)35-42/h1-35H. The Bertz CT molecular complexity index is 3230. The summed E-state index contributed by atoms with van der Waals surface area (Å²) in [5.41, 5.74) is 10.6. The van der Waals surface area contributed by atoms with Gasteiger partial charge >= 0.3 is 0 Å². The first-order chi connectivity index (χ1) is 27.7. The number of hydrogen-bond acceptors (Lipinski definition) is 2. The van der Waals surface area contributed by atoms with Crippen molar-refractivity contribution in [1.29, 1.82) is 0 Å². The van der Waals surface area contributed by atoms with Crippen molar-refractivity contribution in [1.82, 2.24) is 0 Å². The summed E-state index contributed by atoms with van der Waals surface area (Å²) in [7, 11) is 0. The van der Waals surface area contributed by atoms with Crippen LogP contribution in [0.5, 0.6) is 0 Å². The zero-order chi connectivity index (χ0) is 37.0. The van der Waals surface area contributed by atoms with Gasteiger partial charge in [-0.3, -0.25) is 0 Å². The molecule has 0 saturated carbocycles. The smallest absolute Gasteiger partial charge is 0.0467 e. The van der Waals surface area contributed by atoms with E-state index in [-0.39, 0.29) is 0 Å². The molecule has 10 aromatic carbocycles. The summed E-state index contributed by atoms with van der Waals surface area (Å²) in [4.78, 5) is 2.37. The van der Waals surface area contributed by atoms with E-state index in [1.165, 1.54) is 85.9 Å². The van der Waals surface area contributed by atoms with Crippen molar-refractivity contribution in [3.05, 3.63) is 212 Å². The topological polar surface area (TPSA) is 3.24 Å². The zero-order valence-electron chi connectivity index (χ0n) is 30.6. The van der Waals surface area contributed by atoms with Crippen LogP contribution in [0.2, 0.25) is 0 Å². The minimum absolute atomic E-state index is 1.11. The van der Waals surface area contributed by atoms with Gasteiger partial charge in [0.2, 0.25) is 0 Å². The second-order valence-electron chi connectivity index (χ2n) is 14.5. The molecule has 1 aromatic heterocycles. The number of fused-ring (bicyclic) bond motifs is 8. The van der Waals surface area contributed by atoms with Gasteiger partial charge in [-0.2, -0.15) is 0 Å². The lowest BCUT2D eigenvalue weighted by Crippen LogP contribution is -2.10. The molecule has 2 heteroatoms. The molecule has 0 saturated heterocycles. The number of rotatable bonds is 6. The van der Waals surface area contributed by atoms with E-state index in [0.717, 1.165) is 17.1 Å². The number of thiophene rings is 1. The molecule has 0 fully saturated rings. The summed E-state index contributed by atoms with van der Waals surface area (Å²) in [5, 5.41) is 10.3. The molecule has 1 nitrogen and oxygen atoms in total. The summed E-state index contributed by atoms with van der Waals surface area (Å²) in [6, 6.07) is 77.7. The van der Waals surface area contributed by atoms with Crippen LogP contribution in [0.3, 0.4) is 0 Å². The van der Waals surface area contributed by atoms with Crippen LogP contribution in [0.4, 0.5) is 17.1 Å². The highest BCUT2D eigenvalue weighted by atomic mass is 32.1. The maximum atomic E-state index is 2.37. The molecular formula is C54H35NS. The quantitative estimate of drug-likeness (QED) is 0.154. The van der Waals surface area contributed by atoms with Crippen LogP contribution in [-0.2, 0) is 0 Å². The number of anilines is 3.